The van der Waals surface area contributed by atoms with Crippen LogP contribution < -0.4 is 11.1 Å². The maximum absolute atomic E-state index is 11.4. The molecule has 0 fully saturated rings. The predicted octanol–water partition coefficient (Wildman–Crippen LogP) is 4.65. The summed E-state index contributed by atoms with van der Waals surface area (Å²) in [7, 11) is -0.967. The number of guanidine groups is 1. The van der Waals surface area contributed by atoms with Crippen molar-refractivity contribution in [1.82, 2.24) is 0 Å². The zero-order valence-electron chi connectivity index (χ0n) is 15.0. The lowest BCUT2D eigenvalue weighted by atomic mass is 10.0. The van der Waals surface area contributed by atoms with Crippen LogP contribution in [0.3, 0.4) is 0 Å². The van der Waals surface area contributed by atoms with Gasteiger partial charge in [-0.2, -0.15) is 0 Å². The molecule has 0 radical (unpaired) electrons. The summed E-state index contributed by atoms with van der Waals surface area (Å²) in [5.74, 6) is 0.845. The van der Waals surface area contributed by atoms with E-state index >= 15 is 0 Å². The van der Waals surface area contributed by atoms with Crippen molar-refractivity contribution in [2.45, 2.75) is 37.6 Å². The monoisotopic (exact) mass is 471 g/mol. The van der Waals surface area contributed by atoms with Gasteiger partial charge in [0.05, 0.1) is 6.04 Å². The number of hydrogen-bond acceptors (Lipinski definition) is 2. The molecule has 0 amide bonds. The Morgan fingerprint density at radius 3 is 2.28 bits per heavy atom. The van der Waals surface area contributed by atoms with Gasteiger partial charge in [0, 0.05) is 27.6 Å². The number of nitrogens with zero attached hydrogens (tertiary/aromatic N) is 1. The number of halogens is 1. The largest absolute Gasteiger partial charge is 0.370 e. The van der Waals surface area contributed by atoms with Gasteiger partial charge in [-0.15, -0.1) is 24.0 Å². The van der Waals surface area contributed by atoms with Crippen molar-refractivity contribution in [2.24, 2.45) is 10.7 Å². The summed E-state index contributed by atoms with van der Waals surface area (Å²) < 4.78 is 11.4. The molecular weight excluding hydrogens is 445 g/mol. The van der Waals surface area contributed by atoms with Crippen LogP contribution in [0, 0.1) is 0 Å². The van der Waals surface area contributed by atoms with Gasteiger partial charge in [0.25, 0.3) is 0 Å². The maximum atomic E-state index is 11.4. The minimum atomic E-state index is -0.967. The highest BCUT2D eigenvalue weighted by Gasteiger charge is 2.07. The van der Waals surface area contributed by atoms with E-state index in [1.807, 2.05) is 43.3 Å². The van der Waals surface area contributed by atoms with Crippen LogP contribution in [0.15, 0.2) is 58.4 Å². The fourth-order valence-corrected chi connectivity index (χ4v) is 2.90. The summed E-state index contributed by atoms with van der Waals surface area (Å²) in [4.78, 5) is 5.31. The van der Waals surface area contributed by atoms with Crippen LogP contribution in [0.4, 0.5) is 5.69 Å². The predicted molar refractivity (Wildman–Crippen MR) is 118 cm³/mol. The Kier molecular flexibility index (Phi) is 8.58. The molecule has 2 unspecified atom stereocenters. The van der Waals surface area contributed by atoms with Crippen molar-refractivity contribution in [1.29, 1.82) is 0 Å². The minimum absolute atomic E-state index is 0. The van der Waals surface area contributed by atoms with E-state index in [4.69, 9.17) is 5.73 Å². The van der Waals surface area contributed by atoms with Crippen molar-refractivity contribution in [3.8, 4) is 0 Å². The van der Waals surface area contributed by atoms with E-state index < -0.39 is 10.8 Å². The molecule has 2 aromatic carbocycles. The fraction of sp³-hybridized carbons (Fsp3) is 0.316. The lowest BCUT2D eigenvalue weighted by Crippen LogP contribution is -2.23. The molecule has 0 aromatic heterocycles. The zero-order chi connectivity index (χ0) is 17.7. The summed E-state index contributed by atoms with van der Waals surface area (Å²) in [5.41, 5.74) is 9.26. The first-order valence-electron chi connectivity index (χ1n) is 8.00. The Morgan fingerprint density at radius 2 is 1.72 bits per heavy atom. The lowest BCUT2D eigenvalue weighted by molar-refractivity contribution is 0.686. The quantitative estimate of drug-likeness (QED) is 0.379. The molecule has 0 saturated heterocycles. The molecule has 0 bridgehead atoms. The van der Waals surface area contributed by atoms with Crippen molar-refractivity contribution in [2.75, 3.05) is 11.6 Å². The third-order valence-corrected chi connectivity index (χ3v) is 4.79. The van der Waals surface area contributed by atoms with Gasteiger partial charge in [-0.25, -0.2) is 4.99 Å². The average molecular weight is 471 g/mol. The van der Waals surface area contributed by atoms with Gasteiger partial charge in [-0.3, -0.25) is 4.21 Å². The van der Waals surface area contributed by atoms with E-state index in [0.29, 0.717) is 11.9 Å². The molecular formula is C19H26IN3OS. The zero-order valence-corrected chi connectivity index (χ0v) is 18.2. The Morgan fingerprint density at radius 1 is 1.08 bits per heavy atom. The first-order valence-corrected chi connectivity index (χ1v) is 9.56. The van der Waals surface area contributed by atoms with Crippen LogP contribution in [-0.4, -0.2) is 16.4 Å². The summed E-state index contributed by atoms with van der Waals surface area (Å²) in [6.45, 7) is 6.30. The van der Waals surface area contributed by atoms with E-state index in [0.717, 1.165) is 16.1 Å². The number of nitrogens with one attached hydrogen (secondary N) is 1. The number of aliphatic imine (C=N–C) groups is 1. The third-order valence-electron chi connectivity index (χ3n) is 3.85. The number of benzene rings is 2. The second-order valence-corrected chi connectivity index (χ2v) is 7.50. The highest BCUT2D eigenvalue weighted by molar-refractivity contribution is 14.0. The summed E-state index contributed by atoms with van der Waals surface area (Å²) in [6, 6.07) is 15.7. The molecule has 3 N–H and O–H groups in total. The molecule has 0 aliphatic carbocycles. The number of rotatable bonds is 5. The average Bonchev–Trinajstić information content (AvgIpc) is 2.55. The van der Waals surface area contributed by atoms with Crippen LogP contribution in [0.25, 0.3) is 0 Å². The van der Waals surface area contributed by atoms with Crippen LogP contribution in [-0.2, 0) is 10.8 Å². The topological polar surface area (TPSA) is 67.5 Å². The molecule has 25 heavy (non-hydrogen) atoms. The molecule has 6 heteroatoms. The minimum Gasteiger partial charge on any atom is -0.370 e. The van der Waals surface area contributed by atoms with E-state index in [1.165, 1.54) is 5.56 Å². The molecule has 0 spiro atoms. The first-order chi connectivity index (χ1) is 11.4. The van der Waals surface area contributed by atoms with Gasteiger partial charge in [0.15, 0.2) is 5.96 Å². The van der Waals surface area contributed by atoms with Gasteiger partial charge in [-0.1, -0.05) is 38.1 Å². The Labute approximate surface area is 169 Å². The van der Waals surface area contributed by atoms with Gasteiger partial charge >= 0.3 is 0 Å². The SMILES string of the molecule is CC(C)c1cccc(NC(N)=NC(C)c2ccc(S(C)=O)cc2)c1.I. The first kappa shape index (κ1) is 21.6. The van der Waals surface area contributed by atoms with E-state index in [9.17, 15) is 4.21 Å². The normalized spacial score (nSPS) is 13.9. The van der Waals surface area contributed by atoms with Gasteiger partial charge in [-0.05, 0) is 48.2 Å². The lowest BCUT2D eigenvalue weighted by Gasteiger charge is -2.12. The molecule has 2 aromatic rings. The molecule has 2 rings (SSSR count). The molecule has 0 heterocycles. The summed E-state index contributed by atoms with van der Waals surface area (Å²) >= 11 is 0. The Hall–Kier alpha value is -1.41. The van der Waals surface area contributed by atoms with Gasteiger partial charge in [0.1, 0.15) is 0 Å². The van der Waals surface area contributed by atoms with Crippen molar-refractivity contribution in [3.05, 3.63) is 59.7 Å². The Balaban J connectivity index is 0.00000312. The molecule has 136 valence electrons. The number of anilines is 1. The molecule has 0 aliphatic rings. The van der Waals surface area contributed by atoms with Crippen molar-refractivity contribution < 1.29 is 4.21 Å². The van der Waals surface area contributed by atoms with Gasteiger partial charge in [0.2, 0.25) is 0 Å². The Bertz CT molecular complexity index is 745. The van der Waals surface area contributed by atoms with E-state index in [2.05, 4.69) is 36.3 Å². The second-order valence-electron chi connectivity index (χ2n) is 6.12. The highest BCUT2D eigenvalue weighted by atomic mass is 127. The number of hydrogen-bond donors (Lipinski definition) is 2. The second kappa shape index (κ2) is 9.91. The maximum Gasteiger partial charge on any atom is 0.193 e. The summed E-state index contributed by atoms with van der Waals surface area (Å²) in [6.07, 6.45) is 1.67. The molecule has 2 atom stereocenters. The van der Waals surface area contributed by atoms with Crippen molar-refractivity contribution in [3.63, 3.8) is 0 Å². The standard InChI is InChI=1S/C19H25N3OS.HI/c1-13(2)16-6-5-7-17(12-16)22-19(20)21-14(3)15-8-10-18(11-9-15)24(4)23;/h5-14H,1-4H3,(H3,20,21,22);1H. The number of nitrogens with two attached hydrogens (primary N) is 1. The highest BCUT2D eigenvalue weighted by Crippen LogP contribution is 2.20. The van der Waals surface area contributed by atoms with Crippen molar-refractivity contribution >= 4 is 46.4 Å². The van der Waals surface area contributed by atoms with Gasteiger partial charge < -0.3 is 11.1 Å². The molecule has 0 aliphatic heterocycles. The van der Waals surface area contributed by atoms with Crippen LogP contribution in [0.5, 0.6) is 0 Å². The van der Waals surface area contributed by atoms with E-state index in [-0.39, 0.29) is 30.0 Å². The molecule has 0 saturated carbocycles. The fourth-order valence-electron chi connectivity index (χ4n) is 2.38. The molecule has 4 nitrogen and oxygen atoms in total. The smallest absolute Gasteiger partial charge is 0.193 e. The third kappa shape index (κ3) is 6.43. The van der Waals surface area contributed by atoms with Crippen LogP contribution in [0.2, 0.25) is 0 Å². The van der Waals surface area contributed by atoms with Crippen LogP contribution >= 0.6 is 24.0 Å². The van der Waals surface area contributed by atoms with Crippen LogP contribution in [0.1, 0.15) is 43.9 Å². The van der Waals surface area contributed by atoms with E-state index in [1.54, 1.807) is 6.26 Å². The summed E-state index contributed by atoms with van der Waals surface area (Å²) in [5, 5.41) is 3.15.